The molecule has 1 heterocycles. The van der Waals surface area contributed by atoms with Gasteiger partial charge in [0.05, 0.1) is 0 Å². The van der Waals surface area contributed by atoms with E-state index in [-0.39, 0.29) is 12.1 Å². The lowest BCUT2D eigenvalue weighted by atomic mass is 10.1. The standard InChI is InChI=1S/C9H10N2O2/c12-8-7(10-9(13)11-8)6-4-2-1-3-5-6/h1-5,7-8,12H,(H2,10,11,13)/t7-,8-/m1/s1. The van der Waals surface area contributed by atoms with E-state index in [1.54, 1.807) is 0 Å². The second kappa shape index (κ2) is 3.06. The minimum atomic E-state index is -0.838. The number of aliphatic hydroxyl groups excluding tert-OH is 1. The van der Waals surface area contributed by atoms with E-state index in [0.29, 0.717) is 0 Å². The number of urea groups is 1. The van der Waals surface area contributed by atoms with E-state index >= 15 is 0 Å². The van der Waals surface area contributed by atoms with Crippen LogP contribution in [-0.4, -0.2) is 17.4 Å². The fourth-order valence-corrected chi connectivity index (χ4v) is 1.41. The van der Waals surface area contributed by atoms with Crippen molar-refractivity contribution in [1.29, 1.82) is 0 Å². The Kier molecular flexibility index (Phi) is 1.90. The van der Waals surface area contributed by atoms with E-state index in [1.807, 2.05) is 30.3 Å². The van der Waals surface area contributed by atoms with Crippen LogP contribution in [0.25, 0.3) is 0 Å². The third kappa shape index (κ3) is 1.48. The van der Waals surface area contributed by atoms with Crippen LogP contribution >= 0.6 is 0 Å². The molecule has 0 spiro atoms. The molecule has 13 heavy (non-hydrogen) atoms. The van der Waals surface area contributed by atoms with Crippen molar-refractivity contribution >= 4 is 6.03 Å². The van der Waals surface area contributed by atoms with Gasteiger partial charge in [0.2, 0.25) is 0 Å². The molecule has 68 valence electrons. The molecule has 0 saturated carbocycles. The largest absolute Gasteiger partial charge is 0.371 e. The number of hydrogen-bond acceptors (Lipinski definition) is 2. The molecule has 1 aliphatic rings. The molecule has 4 nitrogen and oxygen atoms in total. The summed E-state index contributed by atoms with van der Waals surface area (Å²) in [4.78, 5) is 10.9. The van der Waals surface area contributed by atoms with E-state index < -0.39 is 6.23 Å². The molecule has 0 aromatic heterocycles. The molecular weight excluding hydrogens is 168 g/mol. The van der Waals surface area contributed by atoms with Crippen molar-refractivity contribution in [2.24, 2.45) is 0 Å². The molecule has 1 saturated heterocycles. The Morgan fingerprint density at radius 1 is 1.15 bits per heavy atom. The van der Waals surface area contributed by atoms with Crippen LogP contribution in [0.3, 0.4) is 0 Å². The monoisotopic (exact) mass is 178 g/mol. The lowest BCUT2D eigenvalue weighted by molar-refractivity contribution is 0.140. The van der Waals surface area contributed by atoms with E-state index in [4.69, 9.17) is 0 Å². The summed E-state index contributed by atoms with van der Waals surface area (Å²) < 4.78 is 0. The minimum absolute atomic E-state index is 0.332. The van der Waals surface area contributed by atoms with Crippen LogP contribution in [0.15, 0.2) is 30.3 Å². The predicted octanol–water partition coefficient (Wildman–Crippen LogP) is 0.359. The number of benzene rings is 1. The Labute approximate surface area is 75.6 Å². The van der Waals surface area contributed by atoms with Gasteiger partial charge in [0.1, 0.15) is 6.04 Å². The van der Waals surface area contributed by atoms with Crippen molar-refractivity contribution in [1.82, 2.24) is 10.6 Å². The molecular formula is C9H10N2O2. The van der Waals surface area contributed by atoms with E-state index in [1.165, 1.54) is 0 Å². The molecule has 0 unspecified atom stereocenters. The van der Waals surface area contributed by atoms with Gasteiger partial charge in [-0.05, 0) is 5.56 Å². The second-order valence-electron chi connectivity index (χ2n) is 2.95. The molecule has 4 heteroatoms. The number of hydrogen-bond donors (Lipinski definition) is 3. The van der Waals surface area contributed by atoms with Crippen LogP contribution in [0.4, 0.5) is 4.79 Å². The summed E-state index contributed by atoms with van der Waals surface area (Å²) in [6, 6.07) is 8.68. The zero-order valence-electron chi connectivity index (χ0n) is 6.90. The predicted molar refractivity (Wildman–Crippen MR) is 46.9 cm³/mol. The van der Waals surface area contributed by atoms with Gasteiger partial charge in [-0.2, -0.15) is 0 Å². The van der Waals surface area contributed by atoms with Gasteiger partial charge >= 0.3 is 6.03 Å². The van der Waals surface area contributed by atoms with Crippen LogP contribution in [0.5, 0.6) is 0 Å². The molecule has 3 N–H and O–H groups in total. The zero-order chi connectivity index (χ0) is 9.26. The topological polar surface area (TPSA) is 61.4 Å². The fourth-order valence-electron chi connectivity index (χ4n) is 1.41. The first kappa shape index (κ1) is 8.07. The van der Waals surface area contributed by atoms with Crippen LogP contribution in [-0.2, 0) is 0 Å². The Morgan fingerprint density at radius 3 is 2.38 bits per heavy atom. The van der Waals surface area contributed by atoms with Crippen LogP contribution < -0.4 is 10.6 Å². The molecule has 1 aromatic rings. The lowest BCUT2D eigenvalue weighted by Crippen LogP contribution is -2.26. The van der Waals surface area contributed by atoms with Crippen molar-refractivity contribution in [2.45, 2.75) is 12.3 Å². The highest BCUT2D eigenvalue weighted by molar-refractivity contribution is 5.77. The summed E-state index contributed by atoms with van der Waals surface area (Å²) in [6.45, 7) is 0. The maximum absolute atomic E-state index is 10.9. The normalized spacial score (nSPS) is 26.7. The molecule has 0 radical (unpaired) electrons. The first-order valence-electron chi connectivity index (χ1n) is 4.07. The van der Waals surface area contributed by atoms with E-state index in [2.05, 4.69) is 10.6 Å². The number of carbonyl (C=O) groups is 1. The molecule has 0 bridgehead atoms. The summed E-state index contributed by atoms with van der Waals surface area (Å²) >= 11 is 0. The number of nitrogens with one attached hydrogen (secondary N) is 2. The molecule has 2 atom stereocenters. The average Bonchev–Trinajstić information content (AvgIpc) is 2.47. The summed E-state index contributed by atoms with van der Waals surface area (Å²) in [7, 11) is 0. The van der Waals surface area contributed by atoms with Crippen molar-refractivity contribution in [3.8, 4) is 0 Å². The molecule has 2 amide bonds. The molecule has 1 aromatic carbocycles. The van der Waals surface area contributed by atoms with Crippen molar-refractivity contribution in [3.63, 3.8) is 0 Å². The highest BCUT2D eigenvalue weighted by atomic mass is 16.3. The highest BCUT2D eigenvalue weighted by Crippen LogP contribution is 2.18. The Balaban J connectivity index is 2.23. The fraction of sp³-hybridized carbons (Fsp3) is 0.222. The lowest BCUT2D eigenvalue weighted by Gasteiger charge is -2.12. The van der Waals surface area contributed by atoms with Crippen molar-refractivity contribution in [2.75, 3.05) is 0 Å². The summed E-state index contributed by atoms with van der Waals surface area (Å²) in [5.41, 5.74) is 0.897. The van der Waals surface area contributed by atoms with Gasteiger partial charge in [0, 0.05) is 0 Å². The van der Waals surface area contributed by atoms with Crippen molar-refractivity contribution in [3.05, 3.63) is 35.9 Å². The minimum Gasteiger partial charge on any atom is -0.371 e. The smallest absolute Gasteiger partial charge is 0.317 e. The SMILES string of the molecule is O=C1N[C@H](c2ccccc2)[C@@H](O)N1. The average molecular weight is 178 g/mol. The molecule has 0 aliphatic carbocycles. The van der Waals surface area contributed by atoms with Gasteiger partial charge in [-0.1, -0.05) is 30.3 Å². The number of aliphatic hydroxyl groups is 1. The summed E-state index contributed by atoms with van der Waals surface area (Å²) in [5.74, 6) is 0. The maximum Gasteiger partial charge on any atom is 0.317 e. The molecule has 2 rings (SSSR count). The van der Waals surface area contributed by atoms with Gasteiger partial charge in [0.15, 0.2) is 6.23 Å². The van der Waals surface area contributed by atoms with Crippen LogP contribution in [0.2, 0.25) is 0 Å². The Morgan fingerprint density at radius 2 is 1.85 bits per heavy atom. The van der Waals surface area contributed by atoms with Gasteiger partial charge in [0.25, 0.3) is 0 Å². The quantitative estimate of drug-likeness (QED) is 0.581. The van der Waals surface area contributed by atoms with E-state index in [0.717, 1.165) is 5.56 Å². The highest BCUT2D eigenvalue weighted by Gasteiger charge is 2.30. The third-order valence-electron chi connectivity index (χ3n) is 2.04. The van der Waals surface area contributed by atoms with Gasteiger partial charge in [-0.25, -0.2) is 4.79 Å². The van der Waals surface area contributed by atoms with Gasteiger partial charge < -0.3 is 15.7 Å². The zero-order valence-corrected chi connectivity index (χ0v) is 6.90. The summed E-state index contributed by atoms with van der Waals surface area (Å²) in [6.07, 6.45) is -0.838. The molecule has 1 aliphatic heterocycles. The number of carbonyl (C=O) groups excluding carboxylic acids is 1. The summed E-state index contributed by atoms with van der Waals surface area (Å²) in [5, 5.41) is 14.4. The van der Waals surface area contributed by atoms with Crippen molar-refractivity contribution < 1.29 is 9.90 Å². The first-order chi connectivity index (χ1) is 6.27. The maximum atomic E-state index is 10.9. The van der Waals surface area contributed by atoms with Crippen LogP contribution in [0.1, 0.15) is 11.6 Å². The van der Waals surface area contributed by atoms with Gasteiger partial charge in [-0.3, -0.25) is 0 Å². The Hall–Kier alpha value is -1.55. The number of rotatable bonds is 1. The first-order valence-corrected chi connectivity index (χ1v) is 4.07. The van der Waals surface area contributed by atoms with Crippen LogP contribution in [0, 0.1) is 0 Å². The molecule has 1 fully saturated rings. The Bertz CT molecular complexity index is 313. The second-order valence-corrected chi connectivity index (χ2v) is 2.95. The van der Waals surface area contributed by atoms with Gasteiger partial charge in [-0.15, -0.1) is 0 Å². The van der Waals surface area contributed by atoms with E-state index in [9.17, 15) is 9.90 Å². The third-order valence-corrected chi connectivity index (χ3v) is 2.04. The number of amides is 2.